The minimum atomic E-state index is -1.04. The highest BCUT2D eigenvalue weighted by Crippen LogP contribution is 2.68. The lowest BCUT2D eigenvalue weighted by Gasteiger charge is -2.52. The Labute approximate surface area is 154 Å². The largest absolute Gasteiger partial charge is 0.461 e. The second-order valence-corrected chi connectivity index (χ2v) is 9.70. The summed E-state index contributed by atoms with van der Waals surface area (Å²) in [6.45, 7) is 7.87. The zero-order valence-corrected chi connectivity index (χ0v) is 15.9. The maximum atomic E-state index is 13.4. The second kappa shape index (κ2) is 4.79. The van der Waals surface area contributed by atoms with Crippen molar-refractivity contribution in [2.24, 2.45) is 34.5 Å². The summed E-state index contributed by atoms with van der Waals surface area (Å²) in [5.74, 6) is -0.171. The third kappa shape index (κ3) is 1.58. The standard InChI is InChI=1S/C21H28O5/c1-10(2)21(14(22)9-12-5-7-19(12,21)4)18(24)25-11(3)15-13-6-8-20(13)17(26-20)16(15)23/h6,8,10-13,15-17,23H,5,7,9H2,1-4H3/t11-,12?,13?,15-,16-,17?,19?,20?,21?/m1/s1. The molecule has 5 nitrogen and oxygen atoms in total. The highest BCUT2D eigenvalue weighted by molar-refractivity contribution is 6.07. The van der Waals surface area contributed by atoms with Gasteiger partial charge in [0.2, 0.25) is 0 Å². The number of epoxide rings is 1. The van der Waals surface area contributed by atoms with E-state index in [0.29, 0.717) is 12.3 Å². The number of aliphatic hydroxyl groups excluding tert-OH is 1. The molecule has 26 heavy (non-hydrogen) atoms. The molecule has 3 saturated carbocycles. The van der Waals surface area contributed by atoms with Gasteiger partial charge in [-0.05, 0) is 37.0 Å². The molecule has 1 N–H and O–H groups in total. The Balaban J connectivity index is 1.41. The highest BCUT2D eigenvalue weighted by atomic mass is 16.6. The van der Waals surface area contributed by atoms with Gasteiger partial charge in [0.25, 0.3) is 0 Å². The molecule has 9 atom stereocenters. The van der Waals surface area contributed by atoms with E-state index < -0.39 is 17.6 Å². The lowest BCUT2D eigenvalue weighted by atomic mass is 9.50. The number of aliphatic hydroxyl groups is 1. The molecule has 1 heterocycles. The van der Waals surface area contributed by atoms with E-state index in [0.717, 1.165) is 12.8 Å². The molecular weight excluding hydrogens is 332 g/mol. The molecule has 4 fully saturated rings. The van der Waals surface area contributed by atoms with Gasteiger partial charge in [-0.1, -0.05) is 32.9 Å². The van der Waals surface area contributed by atoms with Gasteiger partial charge < -0.3 is 14.6 Å². The van der Waals surface area contributed by atoms with Crippen molar-refractivity contribution in [1.29, 1.82) is 0 Å². The molecule has 5 heteroatoms. The third-order valence-electron chi connectivity index (χ3n) is 8.63. The van der Waals surface area contributed by atoms with Crippen molar-refractivity contribution >= 4 is 11.8 Å². The van der Waals surface area contributed by atoms with Gasteiger partial charge in [0, 0.05) is 18.3 Å². The first kappa shape index (κ1) is 16.9. The molecule has 0 radical (unpaired) electrons. The van der Waals surface area contributed by atoms with Crippen LogP contribution in [0.3, 0.4) is 0 Å². The van der Waals surface area contributed by atoms with E-state index in [1.807, 2.05) is 32.9 Å². The molecule has 1 aliphatic heterocycles. The summed E-state index contributed by atoms with van der Waals surface area (Å²) in [4.78, 5) is 26.4. The summed E-state index contributed by atoms with van der Waals surface area (Å²) in [5.41, 5.74) is -1.64. The monoisotopic (exact) mass is 360 g/mol. The quantitative estimate of drug-likeness (QED) is 0.360. The SMILES string of the molecule is CC(C)C1(C(=O)O[C@H](C)[C@@H]2C3C=CC34OC4[C@@H]2O)C(=O)CC2CCC21C. The van der Waals surface area contributed by atoms with Gasteiger partial charge in [-0.15, -0.1) is 0 Å². The van der Waals surface area contributed by atoms with Crippen LogP contribution < -0.4 is 0 Å². The van der Waals surface area contributed by atoms with Crippen molar-refractivity contribution in [3.05, 3.63) is 12.2 Å². The van der Waals surface area contributed by atoms with Crippen LogP contribution in [0.1, 0.15) is 47.0 Å². The summed E-state index contributed by atoms with van der Waals surface area (Å²) >= 11 is 0. The maximum absolute atomic E-state index is 13.4. The predicted octanol–water partition coefficient (Wildman–Crippen LogP) is 2.26. The van der Waals surface area contributed by atoms with Crippen LogP contribution in [0.15, 0.2) is 12.2 Å². The molecule has 1 spiro atoms. The molecule has 0 aromatic carbocycles. The van der Waals surface area contributed by atoms with Gasteiger partial charge in [-0.2, -0.15) is 0 Å². The molecule has 6 unspecified atom stereocenters. The summed E-state index contributed by atoms with van der Waals surface area (Å²) < 4.78 is 11.6. The van der Waals surface area contributed by atoms with Gasteiger partial charge in [0.05, 0.1) is 6.10 Å². The summed E-state index contributed by atoms with van der Waals surface area (Å²) in [6, 6.07) is 0. The van der Waals surface area contributed by atoms with Crippen LogP contribution in [-0.4, -0.2) is 40.8 Å². The van der Waals surface area contributed by atoms with Gasteiger partial charge in [0.1, 0.15) is 23.2 Å². The Morgan fingerprint density at radius 3 is 2.58 bits per heavy atom. The Morgan fingerprint density at radius 1 is 1.38 bits per heavy atom. The van der Waals surface area contributed by atoms with Crippen molar-refractivity contribution < 1.29 is 24.2 Å². The van der Waals surface area contributed by atoms with Crippen molar-refractivity contribution in [3.8, 4) is 0 Å². The average Bonchev–Trinajstić information content (AvgIpc) is 3.26. The molecule has 1 saturated heterocycles. The van der Waals surface area contributed by atoms with E-state index in [1.165, 1.54) is 0 Å². The van der Waals surface area contributed by atoms with Gasteiger partial charge in [0.15, 0.2) is 5.78 Å². The summed E-state index contributed by atoms with van der Waals surface area (Å²) in [6.07, 6.45) is 5.25. The van der Waals surface area contributed by atoms with E-state index in [-0.39, 0.29) is 46.6 Å². The predicted molar refractivity (Wildman–Crippen MR) is 93.0 cm³/mol. The lowest BCUT2D eigenvalue weighted by Crippen LogP contribution is -2.57. The van der Waals surface area contributed by atoms with Crippen LogP contribution in [-0.2, 0) is 19.1 Å². The number of ketones is 1. The Kier molecular flexibility index (Phi) is 3.12. The Hall–Kier alpha value is -1.20. The van der Waals surface area contributed by atoms with Crippen LogP contribution >= 0.6 is 0 Å². The van der Waals surface area contributed by atoms with E-state index in [1.54, 1.807) is 0 Å². The molecule has 5 aliphatic rings. The van der Waals surface area contributed by atoms with Crippen LogP contribution in [0, 0.1) is 34.5 Å². The molecule has 0 amide bonds. The van der Waals surface area contributed by atoms with Gasteiger partial charge >= 0.3 is 5.97 Å². The van der Waals surface area contributed by atoms with Crippen molar-refractivity contribution in [2.45, 2.75) is 70.9 Å². The number of fused-ring (bicyclic) bond motifs is 1. The number of rotatable bonds is 4. The van der Waals surface area contributed by atoms with Crippen molar-refractivity contribution in [2.75, 3.05) is 0 Å². The number of Topliss-reactive ketones (excluding diaryl/α,β-unsaturated/α-hetero) is 1. The normalized spacial score (nSPS) is 54.1. The van der Waals surface area contributed by atoms with E-state index in [4.69, 9.17) is 9.47 Å². The zero-order valence-electron chi connectivity index (χ0n) is 15.9. The van der Waals surface area contributed by atoms with Crippen LogP contribution in [0.4, 0.5) is 0 Å². The molecule has 0 aromatic heterocycles. The van der Waals surface area contributed by atoms with E-state index in [9.17, 15) is 14.7 Å². The fourth-order valence-electron chi connectivity index (χ4n) is 6.97. The molecule has 4 aliphatic carbocycles. The zero-order chi connectivity index (χ0) is 18.6. The molecule has 142 valence electrons. The Morgan fingerprint density at radius 2 is 2.12 bits per heavy atom. The first-order valence-electron chi connectivity index (χ1n) is 10.00. The minimum Gasteiger partial charge on any atom is -0.461 e. The molecule has 0 bridgehead atoms. The third-order valence-corrected chi connectivity index (χ3v) is 8.63. The van der Waals surface area contributed by atoms with Crippen LogP contribution in [0.2, 0.25) is 0 Å². The van der Waals surface area contributed by atoms with Gasteiger partial charge in [-0.25, -0.2) is 0 Å². The first-order valence-corrected chi connectivity index (χ1v) is 10.00. The number of carbonyl (C=O) groups is 2. The Bertz CT molecular complexity index is 728. The second-order valence-electron chi connectivity index (χ2n) is 9.70. The number of hydrogen-bond acceptors (Lipinski definition) is 5. The van der Waals surface area contributed by atoms with Crippen molar-refractivity contribution in [3.63, 3.8) is 0 Å². The number of esters is 1. The number of hydrogen-bond donors (Lipinski definition) is 1. The summed E-state index contributed by atoms with van der Waals surface area (Å²) in [7, 11) is 0. The smallest absolute Gasteiger partial charge is 0.320 e. The average molecular weight is 360 g/mol. The van der Waals surface area contributed by atoms with E-state index in [2.05, 4.69) is 6.92 Å². The fraction of sp³-hybridized carbons (Fsp3) is 0.810. The van der Waals surface area contributed by atoms with Crippen LogP contribution in [0.25, 0.3) is 0 Å². The maximum Gasteiger partial charge on any atom is 0.320 e. The fourth-order valence-corrected chi connectivity index (χ4v) is 6.97. The van der Waals surface area contributed by atoms with Crippen LogP contribution in [0.5, 0.6) is 0 Å². The van der Waals surface area contributed by atoms with E-state index >= 15 is 0 Å². The highest BCUT2D eigenvalue weighted by Gasteiger charge is 2.76. The summed E-state index contributed by atoms with van der Waals surface area (Å²) in [5, 5.41) is 10.6. The number of carbonyl (C=O) groups excluding carboxylic acids is 2. The topological polar surface area (TPSA) is 76.1 Å². The van der Waals surface area contributed by atoms with Gasteiger partial charge in [-0.3, -0.25) is 9.59 Å². The lowest BCUT2D eigenvalue weighted by molar-refractivity contribution is -0.186. The van der Waals surface area contributed by atoms with Crippen molar-refractivity contribution in [1.82, 2.24) is 0 Å². The minimum absolute atomic E-state index is 0.0489. The first-order chi connectivity index (χ1) is 12.2. The number of ether oxygens (including phenoxy) is 2. The molecule has 0 aromatic rings. The molecular formula is C21H28O5. The molecule has 5 rings (SSSR count).